The maximum atomic E-state index is 11.6. The number of rotatable bonds is 9. The Bertz CT molecular complexity index is 687. The van der Waals surface area contributed by atoms with Crippen molar-refractivity contribution in [2.45, 2.75) is 40.7 Å². The van der Waals surface area contributed by atoms with Gasteiger partial charge in [-0.1, -0.05) is 6.92 Å². The van der Waals surface area contributed by atoms with E-state index in [1.807, 2.05) is 39.4 Å². The molecule has 0 amide bonds. The van der Waals surface area contributed by atoms with Crippen molar-refractivity contribution in [3.8, 4) is 0 Å². The summed E-state index contributed by atoms with van der Waals surface area (Å²) in [5, 5.41) is 10.9. The van der Waals surface area contributed by atoms with E-state index < -0.39 is 10.0 Å². The summed E-state index contributed by atoms with van der Waals surface area (Å²) >= 11 is 0. The molecule has 0 spiro atoms. The molecule has 0 saturated carbocycles. The zero-order valence-electron chi connectivity index (χ0n) is 16.7. The molecule has 1 heterocycles. The van der Waals surface area contributed by atoms with Crippen LogP contribution in [0.1, 0.15) is 37.2 Å². The number of aryl methyl sites for hydroxylation is 2. The Morgan fingerprint density at radius 1 is 1.27 bits per heavy atom. The lowest BCUT2D eigenvalue weighted by Gasteiger charge is -2.18. The Kier molecular flexibility index (Phi) is 11.4. The summed E-state index contributed by atoms with van der Waals surface area (Å²) in [6.07, 6.45) is 1.96. The third-order valence-corrected chi connectivity index (χ3v) is 5.48. The van der Waals surface area contributed by atoms with Crippen molar-refractivity contribution >= 4 is 40.0 Å². The van der Waals surface area contributed by atoms with E-state index in [9.17, 15) is 8.42 Å². The van der Waals surface area contributed by atoms with Crippen LogP contribution in [0.5, 0.6) is 0 Å². The van der Waals surface area contributed by atoms with Gasteiger partial charge in [0.05, 0.1) is 18.5 Å². The van der Waals surface area contributed by atoms with Gasteiger partial charge in [-0.25, -0.2) is 17.7 Å². The molecule has 1 aromatic heterocycles. The quantitative estimate of drug-likeness (QED) is 0.232. The topological polar surface area (TPSA) is 91.6 Å². The molecule has 2 N–H and O–H groups in total. The minimum absolute atomic E-state index is 0. The van der Waals surface area contributed by atoms with E-state index in [1.54, 1.807) is 0 Å². The zero-order valence-corrected chi connectivity index (χ0v) is 19.8. The molecule has 0 unspecified atom stereocenters. The Morgan fingerprint density at radius 2 is 1.92 bits per heavy atom. The van der Waals surface area contributed by atoms with E-state index in [0.717, 1.165) is 35.9 Å². The number of sulfonamides is 1. The average Bonchev–Trinajstić information content (AvgIpc) is 2.76. The van der Waals surface area contributed by atoms with Crippen LogP contribution in [0.4, 0.5) is 0 Å². The first-order valence-corrected chi connectivity index (χ1v) is 10.5. The first-order chi connectivity index (χ1) is 11.7. The summed E-state index contributed by atoms with van der Waals surface area (Å²) < 4.78 is 26.5. The first-order valence-electron chi connectivity index (χ1n) is 8.67. The van der Waals surface area contributed by atoms with Crippen LogP contribution in [0.15, 0.2) is 4.99 Å². The molecule has 10 heteroatoms. The number of hydrogen-bond donors (Lipinski definition) is 2. The molecule has 8 nitrogen and oxygen atoms in total. The molecule has 0 bridgehead atoms. The van der Waals surface area contributed by atoms with Gasteiger partial charge in [0, 0.05) is 44.5 Å². The minimum atomic E-state index is -3.13. The van der Waals surface area contributed by atoms with Gasteiger partial charge in [0.25, 0.3) is 0 Å². The summed E-state index contributed by atoms with van der Waals surface area (Å²) in [6.45, 7) is 10.9. The van der Waals surface area contributed by atoms with Gasteiger partial charge in [-0.05, 0) is 27.2 Å². The highest BCUT2D eigenvalue weighted by Gasteiger charge is 2.13. The number of aliphatic imine (C=N–C) groups is 1. The Hall–Kier alpha value is -0.880. The van der Waals surface area contributed by atoms with E-state index in [4.69, 9.17) is 0 Å². The summed E-state index contributed by atoms with van der Waals surface area (Å²) in [5.74, 6) is 0.729. The number of halogens is 1. The van der Waals surface area contributed by atoms with Gasteiger partial charge in [0.15, 0.2) is 5.96 Å². The standard InChI is InChI=1S/C16H32N6O2S.HI/c1-7-17-16(18-10-9-11-22(8-2)25(6,23)24)19-12-15-13(3)20-21(5)14(15)4;/h7-12H2,1-6H3,(H2,17,18,19);1H. The van der Waals surface area contributed by atoms with E-state index in [1.165, 1.54) is 10.6 Å². The second-order valence-electron chi connectivity index (χ2n) is 6.00. The Morgan fingerprint density at radius 3 is 2.38 bits per heavy atom. The van der Waals surface area contributed by atoms with Crippen LogP contribution in [-0.2, 0) is 23.6 Å². The van der Waals surface area contributed by atoms with Crippen LogP contribution < -0.4 is 10.6 Å². The molecule has 26 heavy (non-hydrogen) atoms. The molecule has 0 aliphatic carbocycles. The highest BCUT2D eigenvalue weighted by atomic mass is 127. The predicted octanol–water partition coefficient (Wildman–Crippen LogP) is 1.38. The molecule has 0 aromatic carbocycles. The zero-order chi connectivity index (χ0) is 19.0. The molecule has 0 aliphatic heterocycles. The smallest absolute Gasteiger partial charge is 0.211 e. The molecule has 0 saturated heterocycles. The second kappa shape index (κ2) is 11.8. The second-order valence-corrected chi connectivity index (χ2v) is 7.99. The predicted molar refractivity (Wildman–Crippen MR) is 118 cm³/mol. The number of nitrogens with zero attached hydrogens (tertiary/aromatic N) is 4. The van der Waals surface area contributed by atoms with Gasteiger partial charge in [0.1, 0.15) is 0 Å². The van der Waals surface area contributed by atoms with Crippen molar-refractivity contribution in [3.05, 3.63) is 17.0 Å². The Balaban J connectivity index is 0.00000625. The molecule has 152 valence electrons. The van der Waals surface area contributed by atoms with Crippen LogP contribution in [0.25, 0.3) is 0 Å². The molecule has 0 atom stereocenters. The molecule has 0 radical (unpaired) electrons. The van der Waals surface area contributed by atoms with Gasteiger partial charge >= 0.3 is 0 Å². The van der Waals surface area contributed by atoms with Crippen molar-refractivity contribution < 1.29 is 8.42 Å². The molecule has 1 rings (SSSR count). The number of nitrogens with one attached hydrogen (secondary N) is 2. The number of aromatic nitrogens is 2. The van der Waals surface area contributed by atoms with Gasteiger partial charge in [-0.3, -0.25) is 4.68 Å². The lowest BCUT2D eigenvalue weighted by Crippen LogP contribution is -2.39. The van der Waals surface area contributed by atoms with Crippen LogP contribution in [-0.4, -0.2) is 60.9 Å². The van der Waals surface area contributed by atoms with E-state index >= 15 is 0 Å². The Labute approximate surface area is 174 Å². The number of hydrogen-bond acceptors (Lipinski definition) is 4. The van der Waals surface area contributed by atoms with Gasteiger partial charge in [-0.2, -0.15) is 5.10 Å². The van der Waals surface area contributed by atoms with Gasteiger partial charge in [-0.15, -0.1) is 24.0 Å². The summed E-state index contributed by atoms with van der Waals surface area (Å²) in [7, 11) is -1.20. The lowest BCUT2D eigenvalue weighted by molar-refractivity contribution is 0.424. The third-order valence-electron chi connectivity index (χ3n) is 4.10. The molecule has 1 aromatic rings. The van der Waals surface area contributed by atoms with Crippen molar-refractivity contribution in [1.82, 2.24) is 24.7 Å². The highest BCUT2D eigenvalue weighted by Crippen LogP contribution is 2.12. The van der Waals surface area contributed by atoms with Crippen molar-refractivity contribution in [2.75, 3.05) is 32.4 Å². The average molecular weight is 500 g/mol. The first kappa shape index (κ1) is 25.1. The largest absolute Gasteiger partial charge is 0.357 e. The van der Waals surface area contributed by atoms with Gasteiger partial charge < -0.3 is 10.6 Å². The van der Waals surface area contributed by atoms with Crippen molar-refractivity contribution in [1.29, 1.82) is 0 Å². The monoisotopic (exact) mass is 500 g/mol. The molecular weight excluding hydrogens is 467 g/mol. The normalized spacial score (nSPS) is 12.2. The van der Waals surface area contributed by atoms with E-state index in [2.05, 4.69) is 20.7 Å². The van der Waals surface area contributed by atoms with Crippen molar-refractivity contribution in [2.24, 2.45) is 12.0 Å². The molecule has 0 fully saturated rings. The van der Waals surface area contributed by atoms with Gasteiger partial charge in [0.2, 0.25) is 10.0 Å². The van der Waals surface area contributed by atoms with E-state index in [-0.39, 0.29) is 24.0 Å². The minimum Gasteiger partial charge on any atom is -0.357 e. The summed E-state index contributed by atoms with van der Waals surface area (Å²) in [4.78, 5) is 4.61. The van der Waals surface area contributed by atoms with E-state index in [0.29, 0.717) is 26.2 Å². The highest BCUT2D eigenvalue weighted by molar-refractivity contribution is 14.0. The van der Waals surface area contributed by atoms with Crippen LogP contribution in [0.3, 0.4) is 0 Å². The summed E-state index contributed by atoms with van der Waals surface area (Å²) in [6, 6.07) is 0. The SMILES string of the molecule is CCNC(=NCc1c(C)nn(C)c1C)NCCCN(CC)S(C)(=O)=O.I. The fourth-order valence-electron chi connectivity index (χ4n) is 2.57. The van der Waals surface area contributed by atoms with Crippen LogP contribution in [0.2, 0.25) is 0 Å². The lowest BCUT2D eigenvalue weighted by atomic mass is 10.2. The maximum absolute atomic E-state index is 11.6. The molecule has 0 aliphatic rings. The molecular formula is C16H33IN6O2S. The number of guanidine groups is 1. The van der Waals surface area contributed by atoms with Crippen molar-refractivity contribution in [3.63, 3.8) is 0 Å². The summed E-state index contributed by atoms with van der Waals surface area (Å²) in [5.41, 5.74) is 3.24. The third kappa shape index (κ3) is 7.78. The maximum Gasteiger partial charge on any atom is 0.211 e. The van der Waals surface area contributed by atoms with Crippen LogP contribution >= 0.6 is 24.0 Å². The fraction of sp³-hybridized carbons (Fsp3) is 0.750. The van der Waals surface area contributed by atoms with Crippen LogP contribution in [0, 0.1) is 13.8 Å². The fourth-order valence-corrected chi connectivity index (χ4v) is 3.50.